The van der Waals surface area contributed by atoms with Gasteiger partial charge in [0.2, 0.25) is 0 Å². The highest BCUT2D eigenvalue weighted by Crippen LogP contribution is 2.23. The maximum absolute atomic E-state index is 11.6. The summed E-state index contributed by atoms with van der Waals surface area (Å²) in [6, 6.07) is 9.04. The number of rotatable bonds is 6. The summed E-state index contributed by atoms with van der Waals surface area (Å²) in [6.45, 7) is 6.47. The molecule has 6 nitrogen and oxygen atoms in total. The number of carboxylic acid groups (broad SMARTS) is 1. The van der Waals surface area contributed by atoms with Gasteiger partial charge in [0.15, 0.2) is 0 Å². The molecule has 2 N–H and O–H groups in total. The molecule has 0 spiro atoms. The van der Waals surface area contributed by atoms with E-state index in [-0.39, 0.29) is 6.04 Å². The third-order valence-electron chi connectivity index (χ3n) is 3.60. The number of aliphatic carboxylic acids is 1. The fourth-order valence-corrected chi connectivity index (χ4v) is 2.46. The van der Waals surface area contributed by atoms with E-state index in [4.69, 9.17) is 4.74 Å². The molecule has 23 heavy (non-hydrogen) atoms. The maximum atomic E-state index is 11.6. The molecule has 1 saturated heterocycles. The number of benzene rings is 1. The number of carboxylic acids is 1. The van der Waals surface area contributed by atoms with Crippen molar-refractivity contribution in [2.45, 2.75) is 44.9 Å². The predicted octanol–water partition coefficient (Wildman–Crippen LogP) is 1.89. The standard InChI is InChI=1S/C17H24N2O4/c1-17(2,3)23-16(22)18-10-13-11-19(13)14(15(20)21)9-12-7-5-4-6-8-12/h4-8,13-14H,9-11H2,1-3H3,(H,18,22)(H,20,21)/t13?,14-,19?/m1/s1. The van der Waals surface area contributed by atoms with Gasteiger partial charge in [-0.3, -0.25) is 9.69 Å². The second-order valence-electron chi connectivity index (χ2n) is 6.78. The molecule has 1 aromatic rings. The van der Waals surface area contributed by atoms with E-state index in [0.717, 1.165) is 5.56 Å². The summed E-state index contributed by atoms with van der Waals surface area (Å²) in [5.41, 5.74) is 0.454. The summed E-state index contributed by atoms with van der Waals surface area (Å²) < 4.78 is 5.17. The summed E-state index contributed by atoms with van der Waals surface area (Å²) in [7, 11) is 0. The molecule has 1 aliphatic rings. The monoisotopic (exact) mass is 320 g/mol. The molecule has 1 aliphatic heterocycles. The largest absolute Gasteiger partial charge is 0.480 e. The van der Waals surface area contributed by atoms with Crippen LogP contribution in [-0.4, -0.2) is 52.8 Å². The van der Waals surface area contributed by atoms with Crippen molar-refractivity contribution in [3.8, 4) is 0 Å². The molecule has 1 heterocycles. The van der Waals surface area contributed by atoms with Crippen LogP contribution in [0, 0.1) is 0 Å². The average molecular weight is 320 g/mol. The Kier molecular flexibility index (Phi) is 5.26. The van der Waals surface area contributed by atoms with Crippen LogP contribution in [0.2, 0.25) is 0 Å². The Morgan fingerprint density at radius 2 is 2.00 bits per heavy atom. The summed E-state index contributed by atoms with van der Waals surface area (Å²) in [5.74, 6) is -0.839. The fraction of sp³-hybridized carbons (Fsp3) is 0.529. The Balaban J connectivity index is 1.82. The van der Waals surface area contributed by atoms with Crippen molar-refractivity contribution in [1.82, 2.24) is 10.2 Å². The lowest BCUT2D eigenvalue weighted by Gasteiger charge is -2.20. The van der Waals surface area contributed by atoms with Crippen LogP contribution in [0.15, 0.2) is 30.3 Å². The van der Waals surface area contributed by atoms with Gasteiger partial charge in [-0.25, -0.2) is 4.79 Å². The number of nitrogens with zero attached hydrogens (tertiary/aromatic N) is 1. The number of amides is 1. The van der Waals surface area contributed by atoms with Crippen LogP contribution in [0.1, 0.15) is 26.3 Å². The minimum Gasteiger partial charge on any atom is -0.480 e. The lowest BCUT2D eigenvalue weighted by molar-refractivity contribution is -0.141. The SMILES string of the molecule is CC(C)(C)OC(=O)NCC1CN1[C@H](Cc1ccccc1)C(=O)O. The first-order valence-corrected chi connectivity index (χ1v) is 7.75. The molecule has 1 fully saturated rings. The first-order chi connectivity index (χ1) is 10.8. The molecule has 3 atom stereocenters. The van der Waals surface area contributed by atoms with Crippen molar-refractivity contribution in [2.24, 2.45) is 0 Å². The summed E-state index contributed by atoms with van der Waals surface area (Å²) in [6.07, 6.45) is -0.0154. The number of alkyl carbamates (subject to hydrolysis) is 1. The van der Waals surface area contributed by atoms with Gasteiger partial charge in [0, 0.05) is 19.1 Å². The van der Waals surface area contributed by atoms with E-state index in [0.29, 0.717) is 19.5 Å². The first kappa shape index (κ1) is 17.3. The van der Waals surface area contributed by atoms with Gasteiger partial charge in [0.05, 0.1) is 0 Å². The molecule has 0 aromatic heterocycles. The maximum Gasteiger partial charge on any atom is 0.407 e. The van der Waals surface area contributed by atoms with Crippen LogP contribution in [0.25, 0.3) is 0 Å². The van der Waals surface area contributed by atoms with Gasteiger partial charge < -0.3 is 15.2 Å². The average Bonchev–Trinajstić information content (AvgIpc) is 3.21. The Labute approximate surface area is 136 Å². The number of carbonyl (C=O) groups excluding carboxylic acids is 1. The number of ether oxygens (including phenoxy) is 1. The second-order valence-corrected chi connectivity index (χ2v) is 6.78. The lowest BCUT2D eigenvalue weighted by Crippen LogP contribution is -2.37. The highest BCUT2D eigenvalue weighted by molar-refractivity contribution is 5.74. The van der Waals surface area contributed by atoms with Crippen LogP contribution >= 0.6 is 0 Å². The van der Waals surface area contributed by atoms with Crippen molar-refractivity contribution >= 4 is 12.1 Å². The van der Waals surface area contributed by atoms with Crippen molar-refractivity contribution in [2.75, 3.05) is 13.1 Å². The Hall–Kier alpha value is -2.08. The molecule has 0 aliphatic carbocycles. The quantitative estimate of drug-likeness (QED) is 0.783. The molecule has 2 rings (SSSR count). The Morgan fingerprint density at radius 1 is 1.35 bits per heavy atom. The van der Waals surface area contributed by atoms with Crippen LogP contribution in [-0.2, 0) is 16.0 Å². The van der Waals surface area contributed by atoms with E-state index in [2.05, 4.69) is 5.32 Å². The van der Waals surface area contributed by atoms with Crippen molar-refractivity contribution < 1.29 is 19.4 Å². The van der Waals surface area contributed by atoms with Crippen LogP contribution in [0.3, 0.4) is 0 Å². The molecule has 0 bridgehead atoms. The molecule has 126 valence electrons. The van der Waals surface area contributed by atoms with E-state index in [9.17, 15) is 14.7 Å². The molecule has 1 amide bonds. The van der Waals surface area contributed by atoms with Crippen molar-refractivity contribution in [3.05, 3.63) is 35.9 Å². The molecule has 2 unspecified atom stereocenters. The third kappa shape index (κ3) is 5.56. The topological polar surface area (TPSA) is 78.6 Å². The zero-order chi connectivity index (χ0) is 17.0. The van der Waals surface area contributed by atoms with Gasteiger partial charge in [-0.2, -0.15) is 0 Å². The van der Waals surface area contributed by atoms with Gasteiger partial charge >= 0.3 is 12.1 Å². The molecular weight excluding hydrogens is 296 g/mol. The predicted molar refractivity (Wildman–Crippen MR) is 86.3 cm³/mol. The Morgan fingerprint density at radius 3 is 2.57 bits per heavy atom. The van der Waals surface area contributed by atoms with E-state index >= 15 is 0 Å². The third-order valence-corrected chi connectivity index (χ3v) is 3.60. The smallest absolute Gasteiger partial charge is 0.407 e. The summed E-state index contributed by atoms with van der Waals surface area (Å²) in [5, 5.41) is 12.1. The number of hydrogen-bond donors (Lipinski definition) is 2. The summed E-state index contributed by atoms with van der Waals surface area (Å²) >= 11 is 0. The van der Waals surface area contributed by atoms with Gasteiger partial charge in [-0.05, 0) is 32.8 Å². The first-order valence-electron chi connectivity index (χ1n) is 7.75. The van der Waals surface area contributed by atoms with Gasteiger partial charge in [-0.1, -0.05) is 30.3 Å². The van der Waals surface area contributed by atoms with E-state index in [1.165, 1.54) is 0 Å². The Bertz CT molecular complexity index is 553. The highest BCUT2D eigenvalue weighted by Gasteiger charge is 2.43. The zero-order valence-electron chi connectivity index (χ0n) is 13.8. The van der Waals surface area contributed by atoms with Gasteiger partial charge in [-0.15, -0.1) is 0 Å². The second kappa shape index (κ2) is 7.00. The van der Waals surface area contributed by atoms with Crippen LogP contribution in [0.4, 0.5) is 4.79 Å². The molecular formula is C17H24N2O4. The van der Waals surface area contributed by atoms with E-state index in [1.54, 1.807) is 20.8 Å². The molecule has 1 aromatic carbocycles. The van der Waals surface area contributed by atoms with Crippen LogP contribution in [0.5, 0.6) is 0 Å². The van der Waals surface area contributed by atoms with Crippen molar-refractivity contribution in [1.29, 1.82) is 0 Å². The minimum absolute atomic E-state index is 0.0485. The summed E-state index contributed by atoms with van der Waals surface area (Å²) in [4.78, 5) is 25.0. The highest BCUT2D eigenvalue weighted by atomic mass is 16.6. The van der Waals surface area contributed by atoms with Gasteiger partial charge in [0.1, 0.15) is 11.6 Å². The van der Waals surface area contributed by atoms with Crippen molar-refractivity contribution in [3.63, 3.8) is 0 Å². The number of nitrogens with one attached hydrogen (secondary N) is 1. The van der Waals surface area contributed by atoms with E-state index < -0.39 is 23.7 Å². The molecule has 0 radical (unpaired) electrons. The normalized spacial score (nSPS) is 21.3. The number of hydrogen-bond acceptors (Lipinski definition) is 4. The minimum atomic E-state index is -0.839. The fourth-order valence-electron chi connectivity index (χ4n) is 2.46. The molecule has 0 saturated carbocycles. The zero-order valence-corrected chi connectivity index (χ0v) is 13.8. The van der Waals surface area contributed by atoms with Crippen LogP contribution < -0.4 is 5.32 Å². The number of carbonyl (C=O) groups is 2. The van der Waals surface area contributed by atoms with Gasteiger partial charge in [0.25, 0.3) is 0 Å². The molecule has 6 heteroatoms. The van der Waals surface area contributed by atoms with E-state index in [1.807, 2.05) is 35.2 Å². The lowest BCUT2D eigenvalue weighted by atomic mass is 10.1.